The van der Waals surface area contributed by atoms with Gasteiger partial charge in [-0.15, -0.1) is 0 Å². The fraction of sp³-hybridized carbons (Fsp3) is 0.556. The van der Waals surface area contributed by atoms with Crippen molar-refractivity contribution in [3.05, 3.63) is 23.8 Å². The minimum Gasteiger partial charge on any atom is -0.493 e. The molecule has 2 amide bonds. The van der Waals surface area contributed by atoms with E-state index in [0.29, 0.717) is 43.9 Å². The summed E-state index contributed by atoms with van der Waals surface area (Å²) in [6, 6.07) is 5.70. The molecular formula is C18H26N2O4. The molecule has 1 aromatic rings. The molecule has 1 aliphatic heterocycles. The maximum Gasteiger partial charge on any atom is 0.225 e. The van der Waals surface area contributed by atoms with Crippen molar-refractivity contribution in [1.82, 2.24) is 4.90 Å². The van der Waals surface area contributed by atoms with Gasteiger partial charge in [0.1, 0.15) is 0 Å². The van der Waals surface area contributed by atoms with Crippen LogP contribution < -0.4 is 15.2 Å². The highest BCUT2D eigenvalue weighted by molar-refractivity contribution is 5.80. The Balaban J connectivity index is 1.96. The van der Waals surface area contributed by atoms with E-state index in [9.17, 15) is 9.59 Å². The Kier molecular flexibility index (Phi) is 6.06. The zero-order valence-electron chi connectivity index (χ0n) is 14.6. The second-order valence-corrected chi connectivity index (χ2v) is 6.30. The van der Waals surface area contributed by atoms with Crippen LogP contribution in [0.3, 0.4) is 0 Å². The molecule has 1 heterocycles. The molecule has 0 saturated carbocycles. The SMILES string of the molecule is COc1ccc(CC(C)C(=O)N2CCC(C(N)=O)CC2)cc1OC. The molecule has 1 aromatic carbocycles. The lowest BCUT2D eigenvalue weighted by Crippen LogP contribution is -2.44. The number of rotatable bonds is 6. The quantitative estimate of drug-likeness (QED) is 0.857. The van der Waals surface area contributed by atoms with Crippen LogP contribution >= 0.6 is 0 Å². The Bertz CT molecular complexity index is 595. The normalized spacial score (nSPS) is 16.5. The summed E-state index contributed by atoms with van der Waals surface area (Å²) in [7, 11) is 3.19. The summed E-state index contributed by atoms with van der Waals surface area (Å²) in [6.07, 6.45) is 1.95. The molecule has 1 unspecified atom stereocenters. The van der Waals surface area contributed by atoms with E-state index in [4.69, 9.17) is 15.2 Å². The third-order valence-electron chi connectivity index (χ3n) is 4.62. The minimum absolute atomic E-state index is 0.102. The zero-order chi connectivity index (χ0) is 17.7. The van der Waals surface area contributed by atoms with Crippen LogP contribution in [0, 0.1) is 11.8 Å². The van der Waals surface area contributed by atoms with Gasteiger partial charge in [-0.2, -0.15) is 0 Å². The third-order valence-corrected chi connectivity index (χ3v) is 4.62. The average molecular weight is 334 g/mol. The summed E-state index contributed by atoms with van der Waals surface area (Å²) >= 11 is 0. The summed E-state index contributed by atoms with van der Waals surface area (Å²) in [5.41, 5.74) is 6.37. The molecule has 0 aliphatic carbocycles. The number of carbonyl (C=O) groups excluding carboxylic acids is 2. The van der Waals surface area contributed by atoms with E-state index in [-0.39, 0.29) is 23.7 Å². The minimum atomic E-state index is -0.263. The predicted molar refractivity (Wildman–Crippen MR) is 90.9 cm³/mol. The van der Waals surface area contributed by atoms with Gasteiger partial charge in [0.15, 0.2) is 11.5 Å². The van der Waals surface area contributed by atoms with Crippen molar-refractivity contribution in [2.45, 2.75) is 26.2 Å². The number of ether oxygens (including phenoxy) is 2. The number of hydrogen-bond acceptors (Lipinski definition) is 4. The van der Waals surface area contributed by atoms with E-state index >= 15 is 0 Å². The van der Waals surface area contributed by atoms with Gasteiger partial charge >= 0.3 is 0 Å². The Morgan fingerprint density at radius 3 is 2.38 bits per heavy atom. The maximum atomic E-state index is 12.6. The number of benzene rings is 1. The van der Waals surface area contributed by atoms with Crippen LogP contribution in [0.2, 0.25) is 0 Å². The van der Waals surface area contributed by atoms with Gasteiger partial charge in [0.05, 0.1) is 14.2 Å². The third kappa shape index (κ3) is 4.19. The molecule has 0 radical (unpaired) electrons. The average Bonchev–Trinajstić information content (AvgIpc) is 2.60. The number of carbonyl (C=O) groups is 2. The van der Waals surface area contributed by atoms with E-state index in [2.05, 4.69) is 0 Å². The van der Waals surface area contributed by atoms with Crippen molar-refractivity contribution >= 4 is 11.8 Å². The molecule has 2 N–H and O–H groups in total. The molecule has 2 rings (SSSR count). The molecule has 1 atom stereocenters. The van der Waals surface area contributed by atoms with E-state index in [0.717, 1.165) is 5.56 Å². The molecule has 132 valence electrons. The van der Waals surface area contributed by atoms with Crippen LogP contribution in [-0.2, 0) is 16.0 Å². The van der Waals surface area contributed by atoms with Crippen LogP contribution in [-0.4, -0.2) is 44.0 Å². The molecule has 0 spiro atoms. The largest absolute Gasteiger partial charge is 0.493 e. The van der Waals surface area contributed by atoms with Gasteiger partial charge in [0, 0.05) is 24.9 Å². The van der Waals surface area contributed by atoms with Gasteiger partial charge in [0.2, 0.25) is 11.8 Å². The first-order valence-electron chi connectivity index (χ1n) is 8.25. The molecule has 6 heteroatoms. The molecule has 1 fully saturated rings. The van der Waals surface area contributed by atoms with E-state index in [1.54, 1.807) is 14.2 Å². The van der Waals surface area contributed by atoms with Gasteiger partial charge in [0.25, 0.3) is 0 Å². The number of nitrogens with zero attached hydrogens (tertiary/aromatic N) is 1. The smallest absolute Gasteiger partial charge is 0.225 e. The maximum absolute atomic E-state index is 12.6. The number of methoxy groups -OCH3 is 2. The van der Waals surface area contributed by atoms with Crippen molar-refractivity contribution in [1.29, 1.82) is 0 Å². The van der Waals surface area contributed by atoms with Gasteiger partial charge < -0.3 is 20.1 Å². The molecule has 1 aliphatic rings. The Morgan fingerprint density at radius 2 is 1.83 bits per heavy atom. The first-order chi connectivity index (χ1) is 11.5. The predicted octanol–water partition coefficient (Wildman–Crippen LogP) is 1.61. The number of hydrogen-bond donors (Lipinski definition) is 1. The molecule has 6 nitrogen and oxygen atoms in total. The first-order valence-corrected chi connectivity index (χ1v) is 8.25. The monoisotopic (exact) mass is 334 g/mol. The number of piperidine rings is 1. The molecule has 24 heavy (non-hydrogen) atoms. The van der Waals surface area contributed by atoms with Crippen molar-refractivity contribution in [2.75, 3.05) is 27.3 Å². The number of likely N-dealkylation sites (tertiary alicyclic amines) is 1. The second kappa shape index (κ2) is 8.04. The van der Waals surface area contributed by atoms with Crippen LogP contribution in [0.4, 0.5) is 0 Å². The second-order valence-electron chi connectivity index (χ2n) is 6.30. The summed E-state index contributed by atoms with van der Waals surface area (Å²) in [4.78, 5) is 25.7. The lowest BCUT2D eigenvalue weighted by atomic mass is 9.94. The van der Waals surface area contributed by atoms with Gasteiger partial charge in [-0.1, -0.05) is 13.0 Å². The fourth-order valence-corrected chi connectivity index (χ4v) is 3.14. The highest BCUT2D eigenvalue weighted by atomic mass is 16.5. The van der Waals surface area contributed by atoms with Crippen molar-refractivity contribution in [3.63, 3.8) is 0 Å². The van der Waals surface area contributed by atoms with Crippen LogP contribution in [0.5, 0.6) is 11.5 Å². The lowest BCUT2D eigenvalue weighted by Gasteiger charge is -2.32. The van der Waals surface area contributed by atoms with Crippen molar-refractivity contribution in [2.24, 2.45) is 17.6 Å². The highest BCUT2D eigenvalue weighted by Gasteiger charge is 2.28. The Morgan fingerprint density at radius 1 is 1.21 bits per heavy atom. The highest BCUT2D eigenvalue weighted by Crippen LogP contribution is 2.29. The van der Waals surface area contributed by atoms with E-state index < -0.39 is 0 Å². The van der Waals surface area contributed by atoms with Gasteiger partial charge in [-0.25, -0.2) is 0 Å². The lowest BCUT2D eigenvalue weighted by molar-refractivity contribution is -0.138. The standard InChI is InChI=1S/C18H26N2O4/c1-12(10-13-4-5-15(23-2)16(11-13)24-3)18(22)20-8-6-14(7-9-20)17(19)21/h4-5,11-12,14H,6-10H2,1-3H3,(H2,19,21). The molecule has 0 bridgehead atoms. The van der Waals surface area contributed by atoms with Gasteiger partial charge in [-0.3, -0.25) is 9.59 Å². The first kappa shape index (κ1) is 18.1. The molecular weight excluding hydrogens is 308 g/mol. The summed E-state index contributed by atoms with van der Waals surface area (Å²) in [5.74, 6) is 0.960. The van der Waals surface area contributed by atoms with Crippen LogP contribution in [0.25, 0.3) is 0 Å². The summed E-state index contributed by atoms with van der Waals surface area (Å²) in [6.45, 7) is 3.13. The Labute approximate surface area is 142 Å². The van der Waals surface area contributed by atoms with Gasteiger partial charge in [-0.05, 0) is 37.0 Å². The number of amides is 2. The van der Waals surface area contributed by atoms with Crippen molar-refractivity contribution < 1.29 is 19.1 Å². The summed E-state index contributed by atoms with van der Waals surface area (Å²) < 4.78 is 10.5. The summed E-state index contributed by atoms with van der Waals surface area (Å²) in [5, 5.41) is 0. The van der Waals surface area contributed by atoms with Crippen molar-refractivity contribution in [3.8, 4) is 11.5 Å². The van der Waals surface area contributed by atoms with E-state index in [1.807, 2.05) is 30.0 Å². The number of primary amides is 1. The Hall–Kier alpha value is -2.24. The zero-order valence-corrected chi connectivity index (χ0v) is 14.6. The molecule has 0 aromatic heterocycles. The fourth-order valence-electron chi connectivity index (χ4n) is 3.14. The molecule has 1 saturated heterocycles. The van der Waals surface area contributed by atoms with Crippen LogP contribution in [0.15, 0.2) is 18.2 Å². The van der Waals surface area contributed by atoms with Crippen LogP contribution in [0.1, 0.15) is 25.3 Å². The topological polar surface area (TPSA) is 81.9 Å². The van der Waals surface area contributed by atoms with E-state index in [1.165, 1.54) is 0 Å². The number of nitrogens with two attached hydrogens (primary N) is 1.